The van der Waals surface area contributed by atoms with Crippen LogP contribution in [-0.4, -0.2) is 26.6 Å². The molecule has 0 radical (unpaired) electrons. The SMILES string of the molecule is O=C(O)c1ccnc(N[C@H]2CC3(CCC3)Oc3ccc(F)cc32)n1. The Morgan fingerprint density at radius 3 is 2.92 bits per heavy atom. The zero-order valence-corrected chi connectivity index (χ0v) is 12.8. The van der Waals surface area contributed by atoms with Crippen molar-refractivity contribution in [2.75, 3.05) is 5.32 Å². The van der Waals surface area contributed by atoms with Gasteiger partial charge in [-0.05, 0) is 43.5 Å². The van der Waals surface area contributed by atoms with Crippen LogP contribution in [0.4, 0.5) is 10.3 Å². The Hall–Kier alpha value is -2.70. The van der Waals surface area contributed by atoms with Gasteiger partial charge in [0.2, 0.25) is 5.95 Å². The highest BCUT2D eigenvalue weighted by Crippen LogP contribution is 2.49. The molecule has 0 unspecified atom stereocenters. The molecule has 1 atom stereocenters. The highest BCUT2D eigenvalue weighted by Gasteiger charge is 2.45. The number of aromatic carboxylic acids is 1. The first-order valence-electron chi connectivity index (χ1n) is 7.86. The minimum atomic E-state index is -1.12. The van der Waals surface area contributed by atoms with E-state index >= 15 is 0 Å². The minimum Gasteiger partial charge on any atom is -0.487 e. The summed E-state index contributed by atoms with van der Waals surface area (Å²) in [7, 11) is 0. The molecule has 1 spiro atoms. The second-order valence-corrected chi connectivity index (χ2v) is 6.29. The lowest BCUT2D eigenvalue weighted by molar-refractivity contribution is -0.0311. The number of anilines is 1. The lowest BCUT2D eigenvalue weighted by atomic mass is 9.73. The van der Waals surface area contributed by atoms with E-state index in [4.69, 9.17) is 9.84 Å². The van der Waals surface area contributed by atoms with Crippen LogP contribution in [0, 0.1) is 5.82 Å². The molecule has 2 heterocycles. The number of hydrogen-bond acceptors (Lipinski definition) is 5. The van der Waals surface area contributed by atoms with Crippen LogP contribution in [0.3, 0.4) is 0 Å². The molecule has 1 aliphatic heterocycles. The third-order valence-electron chi connectivity index (χ3n) is 4.69. The number of carboxylic acid groups (broad SMARTS) is 1. The van der Waals surface area contributed by atoms with E-state index in [1.54, 1.807) is 6.07 Å². The fraction of sp³-hybridized carbons (Fsp3) is 0.353. The van der Waals surface area contributed by atoms with Gasteiger partial charge in [-0.2, -0.15) is 0 Å². The topological polar surface area (TPSA) is 84.3 Å². The zero-order valence-electron chi connectivity index (χ0n) is 12.8. The molecule has 0 amide bonds. The van der Waals surface area contributed by atoms with Crippen molar-refractivity contribution in [3.05, 3.63) is 47.5 Å². The van der Waals surface area contributed by atoms with Crippen molar-refractivity contribution < 1.29 is 19.0 Å². The Balaban J connectivity index is 1.67. The van der Waals surface area contributed by atoms with Gasteiger partial charge in [0.1, 0.15) is 17.2 Å². The summed E-state index contributed by atoms with van der Waals surface area (Å²) in [4.78, 5) is 19.1. The second-order valence-electron chi connectivity index (χ2n) is 6.29. The number of halogens is 1. The van der Waals surface area contributed by atoms with Gasteiger partial charge in [-0.25, -0.2) is 19.2 Å². The van der Waals surface area contributed by atoms with E-state index < -0.39 is 5.97 Å². The number of carbonyl (C=O) groups is 1. The summed E-state index contributed by atoms with van der Waals surface area (Å²) >= 11 is 0. The summed E-state index contributed by atoms with van der Waals surface area (Å²) in [5.74, 6) is -0.580. The second kappa shape index (κ2) is 5.43. The molecule has 6 nitrogen and oxygen atoms in total. The highest BCUT2D eigenvalue weighted by molar-refractivity contribution is 5.85. The number of ether oxygens (including phenoxy) is 1. The molecule has 1 aliphatic carbocycles. The number of rotatable bonds is 3. The van der Waals surface area contributed by atoms with Crippen LogP contribution in [0.15, 0.2) is 30.5 Å². The van der Waals surface area contributed by atoms with Gasteiger partial charge in [0.15, 0.2) is 5.69 Å². The molecular weight excluding hydrogens is 313 g/mol. The molecule has 24 heavy (non-hydrogen) atoms. The molecule has 1 fully saturated rings. The lowest BCUT2D eigenvalue weighted by Crippen LogP contribution is -2.48. The van der Waals surface area contributed by atoms with Gasteiger partial charge >= 0.3 is 5.97 Å². The number of nitrogens with one attached hydrogen (secondary N) is 1. The number of nitrogens with zero attached hydrogens (tertiary/aromatic N) is 2. The number of carboxylic acids is 1. The largest absolute Gasteiger partial charge is 0.487 e. The maximum absolute atomic E-state index is 13.7. The van der Waals surface area contributed by atoms with Gasteiger partial charge in [-0.3, -0.25) is 0 Å². The molecule has 7 heteroatoms. The summed E-state index contributed by atoms with van der Waals surface area (Å²) in [5, 5.41) is 12.2. The van der Waals surface area contributed by atoms with Crippen molar-refractivity contribution in [2.45, 2.75) is 37.3 Å². The first-order valence-corrected chi connectivity index (χ1v) is 7.86. The van der Waals surface area contributed by atoms with Crippen molar-refractivity contribution in [2.24, 2.45) is 0 Å². The van der Waals surface area contributed by atoms with Crippen molar-refractivity contribution in [3.8, 4) is 5.75 Å². The van der Waals surface area contributed by atoms with Gasteiger partial charge in [0, 0.05) is 18.2 Å². The minimum absolute atomic E-state index is 0.0858. The third-order valence-corrected chi connectivity index (χ3v) is 4.69. The molecule has 4 rings (SSSR count). The molecule has 1 aromatic heterocycles. The number of benzene rings is 1. The van der Waals surface area contributed by atoms with Crippen LogP contribution < -0.4 is 10.1 Å². The monoisotopic (exact) mass is 329 g/mol. The van der Waals surface area contributed by atoms with Gasteiger partial charge in [-0.15, -0.1) is 0 Å². The quantitative estimate of drug-likeness (QED) is 0.900. The van der Waals surface area contributed by atoms with Gasteiger partial charge in [0.25, 0.3) is 0 Å². The van der Waals surface area contributed by atoms with E-state index in [1.807, 2.05) is 0 Å². The first-order chi connectivity index (χ1) is 11.5. The van der Waals surface area contributed by atoms with Crippen LogP contribution in [-0.2, 0) is 0 Å². The molecule has 1 saturated carbocycles. The summed E-state index contributed by atoms with van der Waals surface area (Å²) in [6.07, 6.45) is 5.08. The van der Waals surface area contributed by atoms with Crippen LogP contribution >= 0.6 is 0 Å². The van der Waals surface area contributed by atoms with E-state index in [2.05, 4.69) is 15.3 Å². The Kier molecular flexibility index (Phi) is 3.37. The average Bonchev–Trinajstić information content (AvgIpc) is 2.54. The van der Waals surface area contributed by atoms with Crippen LogP contribution in [0.1, 0.15) is 47.8 Å². The smallest absolute Gasteiger partial charge is 0.354 e. The van der Waals surface area contributed by atoms with Crippen molar-refractivity contribution in [1.29, 1.82) is 0 Å². The van der Waals surface area contributed by atoms with Gasteiger partial charge < -0.3 is 15.2 Å². The van der Waals surface area contributed by atoms with Crippen molar-refractivity contribution in [3.63, 3.8) is 0 Å². The first kappa shape index (κ1) is 14.9. The molecule has 2 aromatic rings. The van der Waals surface area contributed by atoms with Crippen molar-refractivity contribution in [1.82, 2.24) is 9.97 Å². The lowest BCUT2D eigenvalue weighted by Gasteiger charge is -2.48. The summed E-state index contributed by atoms with van der Waals surface area (Å²) in [5.41, 5.74) is 0.390. The normalized spacial score (nSPS) is 20.6. The zero-order chi connectivity index (χ0) is 16.7. The predicted octanol–water partition coefficient (Wildman–Crippen LogP) is 3.17. The highest BCUT2D eigenvalue weighted by atomic mass is 19.1. The molecule has 0 saturated heterocycles. The Labute approximate surface area is 137 Å². The molecule has 0 bridgehead atoms. The summed E-state index contributed by atoms with van der Waals surface area (Å²) in [6, 6.07) is 5.58. The summed E-state index contributed by atoms with van der Waals surface area (Å²) < 4.78 is 19.8. The number of fused-ring (bicyclic) bond motifs is 1. The number of hydrogen-bond donors (Lipinski definition) is 2. The maximum atomic E-state index is 13.7. The fourth-order valence-corrected chi connectivity index (χ4v) is 3.35. The molecule has 1 aromatic carbocycles. The van der Waals surface area contributed by atoms with E-state index in [0.29, 0.717) is 17.7 Å². The molecule has 2 aliphatic rings. The van der Waals surface area contributed by atoms with E-state index in [0.717, 1.165) is 19.3 Å². The third kappa shape index (κ3) is 2.55. The van der Waals surface area contributed by atoms with E-state index in [-0.39, 0.29) is 29.1 Å². The predicted molar refractivity (Wildman–Crippen MR) is 83.6 cm³/mol. The molecule has 124 valence electrons. The van der Waals surface area contributed by atoms with Crippen LogP contribution in [0.25, 0.3) is 0 Å². The van der Waals surface area contributed by atoms with Crippen LogP contribution in [0.2, 0.25) is 0 Å². The summed E-state index contributed by atoms with van der Waals surface area (Å²) in [6.45, 7) is 0. The van der Waals surface area contributed by atoms with E-state index in [1.165, 1.54) is 24.4 Å². The Bertz CT molecular complexity index is 807. The molecular formula is C17H16FN3O3. The standard InChI is InChI=1S/C17H16FN3O3/c18-10-2-3-14-11(8-10)13(9-17(24-14)5-1-6-17)21-16-19-7-4-12(20-16)15(22)23/h2-4,7-8,13H,1,5-6,9H2,(H,22,23)(H,19,20,21)/t13-/m0/s1. The van der Waals surface area contributed by atoms with Crippen LogP contribution in [0.5, 0.6) is 5.75 Å². The van der Waals surface area contributed by atoms with Gasteiger partial charge in [0.05, 0.1) is 6.04 Å². The average molecular weight is 329 g/mol. The maximum Gasteiger partial charge on any atom is 0.354 e. The Morgan fingerprint density at radius 2 is 2.21 bits per heavy atom. The fourth-order valence-electron chi connectivity index (χ4n) is 3.35. The van der Waals surface area contributed by atoms with Gasteiger partial charge in [-0.1, -0.05) is 0 Å². The Morgan fingerprint density at radius 1 is 1.38 bits per heavy atom. The van der Waals surface area contributed by atoms with E-state index in [9.17, 15) is 9.18 Å². The molecule has 2 N–H and O–H groups in total. The number of aromatic nitrogens is 2. The van der Waals surface area contributed by atoms with Crippen molar-refractivity contribution >= 4 is 11.9 Å².